The lowest BCUT2D eigenvalue weighted by Gasteiger charge is -2.56. The molecule has 1 heterocycles. The molecule has 7 rings (SSSR count). The molecule has 4 bridgehead atoms. The molecule has 0 radical (unpaired) electrons. The van der Waals surface area contributed by atoms with Crippen molar-refractivity contribution in [1.82, 2.24) is 9.36 Å². The second-order valence-corrected chi connectivity index (χ2v) is 9.50. The van der Waals surface area contributed by atoms with Crippen molar-refractivity contribution in [2.75, 3.05) is 0 Å². The van der Waals surface area contributed by atoms with Crippen LogP contribution in [0.4, 0.5) is 0 Å². The van der Waals surface area contributed by atoms with Gasteiger partial charge in [-0.05, 0) is 80.5 Å². The number of hydrogen-bond donors (Lipinski definition) is 1. The average molecular weight is 386 g/mol. The standard InChI is InChI=1S/C25H26N2O2/c28-23-22(25-14-17-11-18(15-25)13-19(12-17)16-25)24(29)27(21-9-5-2-6-10-21)26(23)20-7-3-1-4-8-20/h1-10,17-19,28H,11-16H2. The Morgan fingerprint density at radius 1 is 0.724 bits per heavy atom. The van der Waals surface area contributed by atoms with Crippen LogP contribution >= 0.6 is 0 Å². The van der Waals surface area contributed by atoms with E-state index in [1.54, 1.807) is 9.36 Å². The summed E-state index contributed by atoms with van der Waals surface area (Å²) >= 11 is 0. The van der Waals surface area contributed by atoms with E-state index >= 15 is 0 Å². The van der Waals surface area contributed by atoms with Crippen molar-refractivity contribution in [2.24, 2.45) is 17.8 Å². The Kier molecular flexibility index (Phi) is 3.62. The van der Waals surface area contributed by atoms with Crippen molar-refractivity contribution in [2.45, 2.75) is 43.9 Å². The highest BCUT2D eigenvalue weighted by atomic mass is 16.3. The number of hydrogen-bond acceptors (Lipinski definition) is 2. The summed E-state index contributed by atoms with van der Waals surface area (Å²) in [7, 11) is 0. The van der Waals surface area contributed by atoms with E-state index in [9.17, 15) is 9.90 Å². The molecule has 4 aliphatic rings. The Bertz CT molecular complexity index is 1080. The van der Waals surface area contributed by atoms with Gasteiger partial charge in [0, 0.05) is 5.41 Å². The van der Waals surface area contributed by atoms with Crippen molar-refractivity contribution in [3.05, 3.63) is 76.6 Å². The van der Waals surface area contributed by atoms with Crippen molar-refractivity contribution in [3.63, 3.8) is 0 Å². The van der Waals surface area contributed by atoms with E-state index in [1.807, 2.05) is 60.7 Å². The quantitative estimate of drug-likeness (QED) is 0.703. The molecule has 0 aliphatic heterocycles. The van der Waals surface area contributed by atoms with Crippen LogP contribution in [0, 0.1) is 17.8 Å². The molecule has 148 valence electrons. The first kappa shape index (κ1) is 17.1. The number of benzene rings is 2. The second kappa shape index (κ2) is 6.12. The molecule has 3 aromatic rings. The Morgan fingerprint density at radius 2 is 1.17 bits per heavy atom. The lowest BCUT2D eigenvalue weighted by Crippen LogP contribution is -2.50. The van der Waals surface area contributed by atoms with Gasteiger partial charge >= 0.3 is 0 Å². The number of rotatable bonds is 3. The number of nitrogens with zero attached hydrogens (tertiary/aromatic N) is 2. The first-order chi connectivity index (χ1) is 14.1. The normalized spacial score (nSPS) is 30.0. The van der Waals surface area contributed by atoms with E-state index in [4.69, 9.17) is 0 Å². The zero-order valence-corrected chi connectivity index (χ0v) is 16.5. The largest absolute Gasteiger partial charge is 0.493 e. The highest BCUT2D eigenvalue weighted by molar-refractivity contribution is 5.46. The zero-order valence-electron chi connectivity index (χ0n) is 16.5. The van der Waals surface area contributed by atoms with Crippen molar-refractivity contribution >= 4 is 0 Å². The topological polar surface area (TPSA) is 47.2 Å². The summed E-state index contributed by atoms with van der Waals surface area (Å²) in [5, 5.41) is 11.5. The SMILES string of the molecule is O=c1c(C23CC4CC(CC(C4)C2)C3)c(O)n(-c2ccccc2)n1-c1ccccc1. The third-order valence-electron chi connectivity index (χ3n) is 7.60. The minimum Gasteiger partial charge on any atom is -0.493 e. The fraction of sp³-hybridized carbons (Fsp3) is 0.400. The molecule has 0 spiro atoms. The van der Waals surface area contributed by atoms with Crippen LogP contribution in [0.3, 0.4) is 0 Å². The molecule has 0 unspecified atom stereocenters. The van der Waals surface area contributed by atoms with Gasteiger partial charge in [-0.3, -0.25) is 4.79 Å². The molecule has 29 heavy (non-hydrogen) atoms. The molecular formula is C25H26N2O2. The van der Waals surface area contributed by atoms with Gasteiger partial charge in [-0.15, -0.1) is 0 Å². The van der Waals surface area contributed by atoms with Crippen LogP contribution < -0.4 is 5.56 Å². The van der Waals surface area contributed by atoms with Gasteiger partial charge in [0.15, 0.2) is 0 Å². The van der Waals surface area contributed by atoms with E-state index in [-0.39, 0.29) is 16.9 Å². The zero-order chi connectivity index (χ0) is 19.6. The highest BCUT2D eigenvalue weighted by Gasteiger charge is 2.54. The van der Waals surface area contributed by atoms with Crippen LogP contribution in [0.5, 0.6) is 5.88 Å². The van der Waals surface area contributed by atoms with E-state index in [1.165, 1.54) is 19.3 Å². The van der Waals surface area contributed by atoms with E-state index < -0.39 is 0 Å². The molecule has 4 heteroatoms. The molecule has 0 amide bonds. The number of aromatic hydroxyl groups is 1. The maximum Gasteiger partial charge on any atom is 0.279 e. The Hall–Kier alpha value is -2.75. The van der Waals surface area contributed by atoms with Crippen LogP contribution in [-0.4, -0.2) is 14.5 Å². The summed E-state index contributed by atoms with van der Waals surface area (Å²) in [6.07, 6.45) is 7.09. The number of aromatic nitrogens is 2. The predicted octanol–water partition coefficient (Wildman–Crippen LogP) is 4.80. The van der Waals surface area contributed by atoms with E-state index in [0.717, 1.165) is 30.6 Å². The van der Waals surface area contributed by atoms with E-state index in [2.05, 4.69) is 0 Å². The first-order valence-corrected chi connectivity index (χ1v) is 10.8. The van der Waals surface area contributed by atoms with Gasteiger partial charge in [-0.2, -0.15) is 0 Å². The maximum absolute atomic E-state index is 13.9. The summed E-state index contributed by atoms with van der Waals surface area (Å²) in [6.45, 7) is 0. The maximum atomic E-state index is 13.9. The predicted molar refractivity (Wildman–Crippen MR) is 113 cm³/mol. The van der Waals surface area contributed by atoms with Crippen LogP contribution in [0.25, 0.3) is 11.4 Å². The van der Waals surface area contributed by atoms with Gasteiger partial charge in [-0.1, -0.05) is 36.4 Å². The molecular weight excluding hydrogens is 360 g/mol. The smallest absolute Gasteiger partial charge is 0.279 e. The lowest BCUT2D eigenvalue weighted by atomic mass is 9.48. The van der Waals surface area contributed by atoms with Crippen LogP contribution in [0.15, 0.2) is 65.5 Å². The molecule has 4 fully saturated rings. The second-order valence-electron chi connectivity index (χ2n) is 9.50. The van der Waals surface area contributed by atoms with Crippen LogP contribution in [-0.2, 0) is 5.41 Å². The Morgan fingerprint density at radius 3 is 1.66 bits per heavy atom. The molecule has 4 aliphatic carbocycles. The van der Waals surface area contributed by atoms with Gasteiger partial charge in [0.05, 0.1) is 16.9 Å². The fourth-order valence-electron chi connectivity index (χ4n) is 6.98. The van der Waals surface area contributed by atoms with Gasteiger partial charge in [-0.25, -0.2) is 9.36 Å². The lowest BCUT2D eigenvalue weighted by molar-refractivity contribution is -0.00666. The minimum atomic E-state index is -0.160. The Labute approximate surface area is 170 Å². The molecule has 1 aromatic heterocycles. The molecule has 0 atom stereocenters. The van der Waals surface area contributed by atoms with Crippen molar-refractivity contribution in [3.8, 4) is 17.3 Å². The number of para-hydroxylation sites is 2. The molecule has 1 N–H and O–H groups in total. The van der Waals surface area contributed by atoms with Gasteiger partial charge in [0.1, 0.15) is 0 Å². The summed E-state index contributed by atoms with van der Waals surface area (Å²) in [5.74, 6) is 2.27. The van der Waals surface area contributed by atoms with Gasteiger partial charge in [0.2, 0.25) is 5.88 Å². The van der Waals surface area contributed by atoms with Crippen molar-refractivity contribution in [1.29, 1.82) is 0 Å². The van der Waals surface area contributed by atoms with Crippen LogP contribution in [0.2, 0.25) is 0 Å². The summed E-state index contributed by atoms with van der Waals surface area (Å²) < 4.78 is 3.38. The van der Waals surface area contributed by atoms with Crippen molar-refractivity contribution < 1.29 is 5.11 Å². The molecule has 0 saturated heterocycles. The minimum absolute atomic E-state index is 0.0560. The first-order valence-electron chi connectivity index (χ1n) is 10.8. The van der Waals surface area contributed by atoms with Gasteiger partial charge in [0.25, 0.3) is 5.56 Å². The monoisotopic (exact) mass is 386 g/mol. The summed E-state index contributed by atoms with van der Waals surface area (Å²) in [4.78, 5) is 13.9. The molecule has 2 aromatic carbocycles. The molecule has 4 nitrogen and oxygen atoms in total. The summed E-state index contributed by atoms with van der Waals surface area (Å²) in [6, 6.07) is 19.4. The average Bonchev–Trinajstić information content (AvgIpc) is 2.99. The van der Waals surface area contributed by atoms with Gasteiger partial charge < -0.3 is 5.11 Å². The highest BCUT2D eigenvalue weighted by Crippen LogP contribution is 2.61. The summed E-state index contributed by atoms with van der Waals surface area (Å²) in [5.41, 5.74) is 2.03. The van der Waals surface area contributed by atoms with E-state index in [0.29, 0.717) is 23.3 Å². The molecule has 4 saturated carbocycles. The third-order valence-corrected chi connectivity index (χ3v) is 7.60. The Balaban J connectivity index is 1.62. The third kappa shape index (κ3) is 2.48. The fourth-order valence-corrected chi connectivity index (χ4v) is 6.98. The van der Waals surface area contributed by atoms with Crippen LogP contribution in [0.1, 0.15) is 44.1 Å².